The molecule has 2 aromatic rings. The average Bonchev–Trinajstić information content (AvgIpc) is 3.33. The van der Waals surface area contributed by atoms with Crippen LogP contribution in [0, 0.1) is 19.3 Å². The number of likely N-dealkylation sites (tertiary alicyclic amines) is 2. The van der Waals surface area contributed by atoms with Crippen molar-refractivity contribution in [1.82, 2.24) is 19.6 Å². The molecule has 0 unspecified atom stereocenters. The van der Waals surface area contributed by atoms with E-state index < -0.39 is 0 Å². The Hall–Kier alpha value is -2.47. The van der Waals surface area contributed by atoms with Crippen LogP contribution in [0.5, 0.6) is 0 Å². The largest absolute Gasteiger partial charge is 0.344 e. The van der Waals surface area contributed by atoms with E-state index in [1.165, 1.54) is 34.7 Å². The molecule has 6 heteroatoms. The van der Waals surface area contributed by atoms with E-state index >= 15 is 0 Å². The zero-order chi connectivity index (χ0) is 20.6. The van der Waals surface area contributed by atoms with Gasteiger partial charge in [-0.25, -0.2) is 4.79 Å². The maximum atomic E-state index is 12.7. The van der Waals surface area contributed by atoms with Crippen molar-refractivity contribution in [2.75, 3.05) is 26.2 Å². The van der Waals surface area contributed by atoms with Crippen LogP contribution in [0.3, 0.4) is 0 Å². The van der Waals surface area contributed by atoms with Crippen molar-refractivity contribution in [2.45, 2.75) is 46.6 Å². The molecule has 0 aliphatic carbocycles. The number of ketones is 1. The second-order valence-electron chi connectivity index (χ2n) is 8.86. The van der Waals surface area contributed by atoms with Gasteiger partial charge in [-0.1, -0.05) is 23.8 Å². The van der Waals surface area contributed by atoms with Crippen LogP contribution in [0.1, 0.15) is 53.4 Å². The van der Waals surface area contributed by atoms with Crippen molar-refractivity contribution in [1.29, 1.82) is 0 Å². The summed E-state index contributed by atoms with van der Waals surface area (Å²) in [5.41, 5.74) is 4.77. The van der Waals surface area contributed by atoms with Gasteiger partial charge in [0.05, 0.1) is 0 Å². The third-order valence-electron chi connectivity index (χ3n) is 6.66. The van der Waals surface area contributed by atoms with E-state index in [0.717, 1.165) is 45.6 Å². The first kappa shape index (κ1) is 19.8. The molecular formula is C23H30N4O2. The second-order valence-corrected chi connectivity index (χ2v) is 8.86. The van der Waals surface area contributed by atoms with Crippen LogP contribution < -0.4 is 0 Å². The molecule has 1 aromatic carbocycles. The molecule has 0 atom stereocenters. The molecule has 4 rings (SSSR count). The fourth-order valence-electron chi connectivity index (χ4n) is 4.72. The van der Waals surface area contributed by atoms with Gasteiger partial charge >= 0.3 is 6.03 Å². The number of carbonyl (C=O) groups excluding carboxylic acids is 2. The molecule has 3 heterocycles. The summed E-state index contributed by atoms with van der Waals surface area (Å²) >= 11 is 0. The third kappa shape index (κ3) is 4.13. The predicted molar refractivity (Wildman–Crippen MR) is 112 cm³/mol. The van der Waals surface area contributed by atoms with Crippen LogP contribution in [0.2, 0.25) is 0 Å². The molecule has 29 heavy (non-hydrogen) atoms. The lowest BCUT2D eigenvalue weighted by atomic mass is 9.78. The fourth-order valence-corrected chi connectivity index (χ4v) is 4.72. The highest BCUT2D eigenvalue weighted by Gasteiger charge is 2.41. The smallest absolute Gasteiger partial charge is 0.323 e. The number of Topliss-reactive ketones (excluding diaryl/α,β-unsaturated/α-hetero) is 1. The van der Waals surface area contributed by atoms with Crippen molar-refractivity contribution >= 4 is 11.8 Å². The molecule has 6 nitrogen and oxygen atoms in total. The molecule has 1 aromatic heterocycles. The van der Waals surface area contributed by atoms with E-state index in [4.69, 9.17) is 0 Å². The van der Waals surface area contributed by atoms with Gasteiger partial charge in [-0.15, -0.1) is 0 Å². The zero-order valence-electron chi connectivity index (χ0n) is 17.6. The Morgan fingerprint density at radius 1 is 1.07 bits per heavy atom. The number of amides is 1. The van der Waals surface area contributed by atoms with E-state index in [0.29, 0.717) is 11.1 Å². The van der Waals surface area contributed by atoms with E-state index in [1.54, 1.807) is 12.3 Å². The summed E-state index contributed by atoms with van der Waals surface area (Å²) in [4.78, 5) is 28.6. The summed E-state index contributed by atoms with van der Waals surface area (Å²) in [7, 11) is 0. The van der Waals surface area contributed by atoms with Crippen molar-refractivity contribution < 1.29 is 9.59 Å². The highest BCUT2D eigenvalue weighted by molar-refractivity contribution is 5.92. The van der Waals surface area contributed by atoms with E-state index in [2.05, 4.69) is 42.0 Å². The maximum absolute atomic E-state index is 12.7. The van der Waals surface area contributed by atoms with Gasteiger partial charge in [-0.3, -0.25) is 9.69 Å². The predicted octanol–water partition coefficient (Wildman–Crippen LogP) is 3.66. The number of nitrogens with zero attached hydrogens (tertiary/aromatic N) is 4. The Balaban J connectivity index is 1.35. The van der Waals surface area contributed by atoms with E-state index in [9.17, 15) is 9.59 Å². The van der Waals surface area contributed by atoms with E-state index in [-0.39, 0.29) is 11.8 Å². The summed E-state index contributed by atoms with van der Waals surface area (Å²) in [5.74, 6) is -0.121. The second kappa shape index (κ2) is 7.75. The lowest BCUT2D eigenvalue weighted by molar-refractivity contribution is 0.101. The first-order valence-corrected chi connectivity index (χ1v) is 10.5. The highest BCUT2D eigenvalue weighted by Crippen LogP contribution is 2.41. The number of hydrogen-bond donors (Lipinski definition) is 0. The Labute approximate surface area is 172 Å². The maximum Gasteiger partial charge on any atom is 0.344 e. The molecule has 2 saturated heterocycles. The zero-order valence-corrected chi connectivity index (χ0v) is 17.6. The van der Waals surface area contributed by atoms with Crippen LogP contribution in [0.25, 0.3) is 0 Å². The summed E-state index contributed by atoms with van der Waals surface area (Å²) in [6.07, 6.45) is 4.85. The minimum absolute atomic E-state index is 0.121. The monoisotopic (exact) mass is 394 g/mol. The minimum Gasteiger partial charge on any atom is -0.323 e. The SMILES string of the molecule is CC(=O)c1ccn(C(=O)N2CCC3(CCN(Cc4cc(C)ccc4C)C3)CC2)n1. The Bertz CT molecular complexity index is 925. The molecule has 154 valence electrons. The standard InChI is InChI=1S/C23H30N4O2/c1-17-4-5-18(2)20(14-17)15-25-11-7-23(16-25)8-12-26(13-9-23)22(29)27-10-6-21(24-27)19(3)28/h4-6,10,14H,7-9,11-13,15-16H2,1-3H3. The van der Waals surface area contributed by atoms with Crippen molar-refractivity contribution in [2.24, 2.45) is 5.41 Å². The topological polar surface area (TPSA) is 58.4 Å². The third-order valence-corrected chi connectivity index (χ3v) is 6.66. The number of benzene rings is 1. The Morgan fingerprint density at radius 2 is 1.79 bits per heavy atom. The van der Waals surface area contributed by atoms with Gasteiger partial charge in [0.1, 0.15) is 5.69 Å². The molecule has 2 fully saturated rings. The van der Waals surface area contributed by atoms with E-state index in [1.807, 2.05) is 4.90 Å². The van der Waals surface area contributed by atoms with Crippen LogP contribution >= 0.6 is 0 Å². The lowest BCUT2D eigenvalue weighted by Gasteiger charge is -2.39. The molecule has 0 saturated carbocycles. The summed E-state index contributed by atoms with van der Waals surface area (Å²) in [6, 6.07) is 8.18. The van der Waals surface area contributed by atoms with Crippen LogP contribution in [0.15, 0.2) is 30.5 Å². The fraction of sp³-hybridized carbons (Fsp3) is 0.522. The molecule has 2 aliphatic rings. The average molecular weight is 395 g/mol. The van der Waals surface area contributed by atoms with Crippen LogP contribution in [0.4, 0.5) is 4.79 Å². The van der Waals surface area contributed by atoms with Gasteiger partial charge in [0.2, 0.25) is 0 Å². The van der Waals surface area contributed by atoms with Gasteiger partial charge in [0.25, 0.3) is 0 Å². The quantitative estimate of drug-likeness (QED) is 0.746. The molecule has 2 aliphatic heterocycles. The van der Waals surface area contributed by atoms with Crippen LogP contribution in [-0.4, -0.2) is 57.6 Å². The van der Waals surface area contributed by atoms with Gasteiger partial charge < -0.3 is 4.90 Å². The first-order valence-electron chi connectivity index (χ1n) is 10.5. The molecule has 1 amide bonds. The number of hydrogen-bond acceptors (Lipinski definition) is 4. The lowest BCUT2D eigenvalue weighted by Crippen LogP contribution is -2.45. The molecular weight excluding hydrogens is 364 g/mol. The Morgan fingerprint density at radius 3 is 2.48 bits per heavy atom. The van der Waals surface area contributed by atoms with Crippen molar-refractivity contribution in [3.8, 4) is 0 Å². The summed E-state index contributed by atoms with van der Waals surface area (Å²) < 4.78 is 1.30. The molecule has 0 bridgehead atoms. The Kier molecular flexibility index (Phi) is 5.30. The number of aryl methyl sites for hydroxylation is 2. The minimum atomic E-state index is -0.127. The normalized spacial score (nSPS) is 19.1. The summed E-state index contributed by atoms with van der Waals surface area (Å²) in [6.45, 7) is 10.6. The van der Waals surface area contributed by atoms with Gasteiger partial charge in [0, 0.05) is 39.3 Å². The van der Waals surface area contributed by atoms with Crippen LogP contribution in [-0.2, 0) is 6.54 Å². The molecule has 0 N–H and O–H groups in total. The summed E-state index contributed by atoms with van der Waals surface area (Å²) in [5, 5.41) is 4.12. The number of piperidine rings is 1. The van der Waals surface area contributed by atoms with Gasteiger partial charge in [-0.05, 0) is 62.3 Å². The number of carbonyl (C=O) groups is 2. The highest BCUT2D eigenvalue weighted by atomic mass is 16.2. The molecule has 1 spiro atoms. The number of aromatic nitrogens is 2. The van der Waals surface area contributed by atoms with Crippen molar-refractivity contribution in [3.63, 3.8) is 0 Å². The number of rotatable bonds is 3. The molecule has 0 radical (unpaired) electrons. The van der Waals surface area contributed by atoms with Gasteiger partial charge in [-0.2, -0.15) is 9.78 Å². The van der Waals surface area contributed by atoms with Crippen molar-refractivity contribution in [3.05, 3.63) is 52.8 Å². The van der Waals surface area contributed by atoms with Gasteiger partial charge in [0.15, 0.2) is 5.78 Å². The first-order chi connectivity index (χ1) is 13.8.